The van der Waals surface area contributed by atoms with E-state index in [9.17, 15) is 4.79 Å². The fourth-order valence-corrected chi connectivity index (χ4v) is 3.04. The standard InChI is InChI=1S/C10H19NO3.C8H6N4/c1-13-8-7-11-10(12)14-9-5-3-2-4-6-9;1-2-9-8-5(1)7-6(3-10-8)11-4-12-7/h9H,2-8H2,1H3,(H,11,12);1-4H,(H,9,10)(H,11,12). The maximum Gasteiger partial charge on any atom is 0.407 e. The van der Waals surface area contributed by atoms with E-state index in [0.717, 1.165) is 34.9 Å². The highest BCUT2D eigenvalue weighted by molar-refractivity contribution is 6.00. The Hall–Kier alpha value is -2.61. The lowest BCUT2D eigenvalue weighted by atomic mass is 9.98. The number of ether oxygens (including phenoxy) is 2. The number of alkyl carbamates (subject to hydrolysis) is 1. The van der Waals surface area contributed by atoms with E-state index in [1.165, 1.54) is 19.3 Å². The van der Waals surface area contributed by atoms with Gasteiger partial charge in [0.05, 0.1) is 24.6 Å². The van der Waals surface area contributed by atoms with Crippen molar-refractivity contribution in [2.24, 2.45) is 0 Å². The first-order valence-electron chi connectivity index (χ1n) is 8.96. The highest BCUT2D eigenvalue weighted by atomic mass is 16.6. The summed E-state index contributed by atoms with van der Waals surface area (Å²) < 4.78 is 10.0. The predicted octanol–water partition coefficient (Wildman–Crippen LogP) is 3.13. The zero-order valence-corrected chi connectivity index (χ0v) is 15.0. The molecule has 0 spiro atoms. The monoisotopic (exact) mass is 359 g/mol. The number of imidazole rings is 1. The zero-order chi connectivity index (χ0) is 18.2. The van der Waals surface area contributed by atoms with Crippen molar-refractivity contribution in [2.75, 3.05) is 20.3 Å². The molecule has 1 saturated carbocycles. The molecule has 1 fully saturated rings. The van der Waals surface area contributed by atoms with Crippen LogP contribution in [0.3, 0.4) is 0 Å². The molecule has 8 nitrogen and oxygen atoms in total. The summed E-state index contributed by atoms with van der Waals surface area (Å²) in [5.41, 5.74) is 2.83. The Morgan fingerprint density at radius 3 is 2.92 bits per heavy atom. The number of nitrogens with one attached hydrogen (secondary N) is 3. The predicted molar refractivity (Wildman–Crippen MR) is 99.0 cm³/mol. The van der Waals surface area contributed by atoms with E-state index in [-0.39, 0.29) is 12.2 Å². The van der Waals surface area contributed by atoms with Crippen LogP contribution in [0, 0.1) is 0 Å². The van der Waals surface area contributed by atoms with Crippen molar-refractivity contribution in [3.05, 3.63) is 24.8 Å². The number of aromatic amines is 2. The molecule has 0 aliphatic heterocycles. The van der Waals surface area contributed by atoms with Crippen molar-refractivity contribution in [3.8, 4) is 0 Å². The number of H-pyrrole nitrogens is 2. The number of hydrogen-bond acceptors (Lipinski definition) is 5. The number of amides is 1. The third kappa shape index (κ3) is 4.72. The van der Waals surface area contributed by atoms with Crippen molar-refractivity contribution < 1.29 is 14.3 Å². The molecule has 0 bridgehead atoms. The van der Waals surface area contributed by atoms with Gasteiger partial charge in [0.2, 0.25) is 0 Å². The number of rotatable bonds is 4. The molecular formula is C18H25N5O3. The Morgan fingerprint density at radius 2 is 2.12 bits per heavy atom. The maximum absolute atomic E-state index is 11.2. The summed E-state index contributed by atoms with van der Waals surface area (Å²) in [6.45, 7) is 1.04. The Labute approximate surface area is 151 Å². The number of pyridine rings is 1. The summed E-state index contributed by atoms with van der Waals surface area (Å²) in [6.07, 6.45) is 10.8. The van der Waals surface area contributed by atoms with Gasteiger partial charge in [0.15, 0.2) is 0 Å². The van der Waals surface area contributed by atoms with Crippen LogP contribution < -0.4 is 5.32 Å². The third-order valence-corrected chi connectivity index (χ3v) is 4.37. The third-order valence-electron chi connectivity index (χ3n) is 4.37. The smallest absolute Gasteiger partial charge is 0.407 e. The van der Waals surface area contributed by atoms with Crippen molar-refractivity contribution >= 4 is 28.2 Å². The van der Waals surface area contributed by atoms with Crippen LogP contribution in [0.5, 0.6) is 0 Å². The second-order valence-corrected chi connectivity index (χ2v) is 6.25. The highest BCUT2D eigenvalue weighted by Gasteiger charge is 2.16. The minimum atomic E-state index is -0.311. The van der Waals surface area contributed by atoms with Crippen molar-refractivity contribution in [2.45, 2.75) is 38.2 Å². The van der Waals surface area contributed by atoms with Gasteiger partial charge in [-0.3, -0.25) is 0 Å². The van der Waals surface area contributed by atoms with E-state index in [2.05, 4.69) is 25.3 Å². The van der Waals surface area contributed by atoms with E-state index in [1.54, 1.807) is 19.6 Å². The molecule has 1 aliphatic carbocycles. The van der Waals surface area contributed by atoms with Gasteiger partial charge < -0.3 is 24.8 Å². The molecule has 3 heterocycles. The largest absolute Gasteiger partial charge is 0.446 e. The fourth-order valence-electron chi connectivity index (χ4n) is 3.04. The summed E-state index contributed by atoms with van der Waals surface area (Å²) >= 11 is 0. The summed E-state index contributed by atoms with van der Waals surface area (Å²) in [7, 11) is 1.61. The van der Waals surface area contributed by atoms with Crippen LogP contribution in [0.2, 0.25) is 0 Å². The molecule has 140 valence electrons. The molecule has 1 amide bonds. The molecule has 4 rings (SSSR count). The molecule has 26 heavy (non-hydrogen) atoms. The lowest BCUT2D eigenvalue weighted by Gasteiger charge is -2.21. The molecule has 3 N–H and O–H groups in total. The molecule has 0 radical (unpaired) electrons. The molecule has 0 atom stereocenters. The second-order valence-electron chi connectivity index (χ2n) is 6.25. The number of carbonyl (C=O) groups is 1. The van der Waals surface area contributed by atoms with Gasteiger partial charge in [0.1, 0.15) is 17.3 Å². The average Bonchev–Trinajstić information content (AvgIpc) is 3.31. The van der Waals surface area contributed by atoms with E-state index in [0.29, 0.717) is 13.2 Å². The Morgan fingerprint density at radius 1 is 1.27 bits per heavy atom. The lowest BCUT2D eigenvalue weighted by molar-refractivity contribution is 0.0733. The highest BCUT2D eigenvalue weighted by Crippen LogP contribution is 2.20. The number of nitrogens with zero attached hydrogens (tertiary/aromatic N) is 2. The summed E-state index contributed by atoms with van der Waals surface area (Å²) in [4.78, 5) is 25.7. The van der Waals surface area contributed by atoms with Crippen molar-refractivity contribution in [1.82, 2.24) is 25.3 Å². The number of hydrogen-bond donors (Lipinski definition) is 3. The number of carbonyl (C=O) groups excluding carboxylic acids is 1. The van der Waals surface area contributed by atoms with Gasteiger partial charge in [-0.1, -0.05) is 6.42 Å². The lowest BCUT2D eigenvalue weighted by Crippen LogP contribution is -2.32. The van der Waals surface area contributed by atoms with Crippen LogP contribution in [-0.4, -0.2) is 52.4 Å². The first-order chi connectivity index (χ1) is 12.8. The van der Waals surface area contributed by atoms with Gasteiger partial charge in [-0.05, 0) is 31.7 Å². The normalized spacial score (nSPS) is 14.8. The Kier molecular flexibility index (Phi) is 6.43. The molecule has 0 aromatic carbocycles. The summed E-state index contributed by atoms with van der Waals surface area (Å²) in [6, 6.07) is 1.98. The van der Waals surface area contributed by atoms with Crippen LogP contribution in [0.1, 0.15) is 32.1 Å². The number of fused-ring (bicyclic) bond motifs is 3. The van der Waals surface area contributed by atoms with E-state index in [1.807, 2.05) is 12.3 Å². The Bertz CT molecular complexity index is 773. The molecule has 8 heteroatoms. The van der Waals surface area contributed by atoms with Gasteiger partial charge in [0, 0.05) is 25.2 Å². The summed E-state index contributed by atoms with van der Waals surface area (Å²) in [5.74, 6) is 0. The van der Waals surface area contributed by atoms with Gasteiger partial charge in [0.25, 0.3) is 0 Å². The van der Waals surface area contributed by atoms with Gasteiger partial charge in [-0.2, -0.15) is 0 Å². The van der Waals surface area contributed by atoms with E-state index < -0.39 is 0 Å². The maximum atomic E-state index is 11.2. The quantitative estimate of drug-likeness (QED) is 0.621. The first-order valence-corrected chi connectivity index (χ1v) is 8.96. The van der Waals surface area contributed by atoms with Crippen LogP contribution >= 0.6 is 0 Å². The van der Waals surface area contributed by atoms with Gasteiger partial charge in [-0.25, -0.2) is 14.8 Å². The minimum absolute atomic E-state index is 0.131. The molecule has 1 aliphatic rings. The second kappa shape index (κ2) is 9.19. The van der Waals surface area contributed by atoms with Crippen molar-refractivity contribution in [1.29, 1.82) is 0 Å². The average molecular weight is 359 g/mol. The molecule has 3 aromatic heterocycles. The molecular weight excluding hydrogens is 334 g/mol. The minimum Gasteiger partial charge on any atom is -0.446 e. The first kappa shape index (κ1) is 18.2. The summed E-state index contributed by atoms with van der Waals surface area (Å²) in [5, 5.41) is 3.71. The molecule has 0 unspecified atom stereocenters. The molecule has 3 aromatic rings. The number of aromatic nitrogens is 4. The zero-order valence-electron chi connectivity index (χ0n) is 15.0. The Balaban J connectivity index is 0.000000152. The topological polar surface area (TPSA) is 105 Å². The van der Waals surface area contributed by atoms with E-state index >= 15 is 0 Å². The van der Waals surface area contributed by atoms with Crippen molar-refractivity contribution in [3.63, 3.8) is 0 Å². The van der Waals surface area contributed by atoms with Crippen LogP contribution in [0.15, 0.2) is 24.8 Å². The number of methoxy groups -OCH3 is 1. The van der Waals surface area contributed by atoms with Crippen LogP contribution in [0.4, 0.5) is 4.79 Å². The van der Waals surface area contributed by atoms with Crippen LogP contribution in [-0.2, 0) is 9.47 Å². The SMILES string of the molecule is COCCNC(=O)OC1CCCCC1.c1nc2c(cnc3[nH]ccc32)[nH]1. The fraction of sp³-hybridized carbons (Fsp3) is 0.500. The van der Waals surface area contributed by atoms with Gasteiger partial charge in [-0.15, -0.1) is 0 Å². The van der Waals surface area contributed by atoms with E-state index in [4.69, 9.17) is 9.47 Å². The van der Waals surface area contributed by atoms with Crippen LogP contribution in [0.25, 0.3) is 22.1 Å². The molecule has 0 saturated heterocycles. The van der Waals surface area contributed by atoms with Gasteiger partial charge >= 0.3 is 6.09 Å².